The number of hydrogen-bond acceptors (Lipinski definition) is 4. The van der Waals surface area contributed by atoms with E-state index in [1.807, 2.05) is 0 Å². The largest absolute Gasteiger partial charge is 0.463 e. The van der Waals surface area contributed by atoms with Crippen LogP contribution in [0.25, 0.3) is 0 Å². The molecule has 0 aliphatic carbocycles. The van der Waals surface area contributed by atoms with Crippen LogP contribution in [0.3, 0.4) is 0 Å². The van der Waals surface area contributed by atoms with Crippen molar-refractivity contribution in [3.05, 3.63) is 23.3 Å². The molecule has 0 saturated heterocycles. The van der Waals surface area contributed by atoms with Gasteiger partial charge >= 0.3 is 11.9 Å². The molecule has 0 unspecified atom stereocenters. The summed E-state index contributed by atoms with van der Waals surface area (Å²) in [7, 11) is 0. The van der Waals surface area contributed by atoms with Crippen molar-refractivity contribution < 1.29 is 19.1 Å². The predicted octanol–water partition coefficient (Wildman–Crippen LogP) is 1.79. The van der Waals surface area contributed by atoms with Crippen LogP contribution in [-0.2, 0) is 19.1 Å². The number of esters is 2. The number of carbonyl (C=O) groups is 2. The van der Waals surface area contributed by atoms with Crippen molar-refractivity contribution >= 4 is 23.5 Å². The van der Waals surface area contributed by atoms with Gasteiger partial charge in [-0.3, -0.25) is 0 Å². The maximum atomic E-state index is 11.3. The second-order valence-corrected chi connectivity index (χ2v) is 2.89. The average molecular weight is 233 g/mol. The smallest absolute Gasteiger partial charge is 0.339 e. The summed E-state index contributed by atoms with van der Waals surface area (Å²) in [5, 5.41) is -0.0542. The molecule has 0 heterocycles. The zero-order valence-corrected chi connectivity index (χ0v) is 9.47. The van der Waals surface area contributed by atoms with Gasteiger partial charge < -0.3 is 9.47 Å². The summed E-state index contributed by atoms with van der Waals surface area (Å²) in [5.41, 5.74) is -0.0861. The van der Waals surface area contributed by atoms with E-state index in [-0.39, 0.29) is 23.8 Å². The molecule has 0 aromatic rings. The molecule has 0 aliphatic rings. The third-order valence-electron chi connectivity index (χ3n) is 1.34. The Hall–Kier alpha value is -1.29. The van der Waals surface area contributed by atoms with Gasteiger partial charge in [0.05, 0.1) is 18.8 Å². The van der Waals surface area contributed by atoms with E-state index in [0.29, 0.717) is 0 Å². The van der Waals surface area contributed by atoms with E-state index in [2.05, 4.69) is 16.1 Å². The molecule has 5 heteroatoms. The molecule has 84 valence electrons. The van der Waals surface area contributed by atoms with Crippen molar-refractivity contribution in [2.24, 2.45) is 0 Å². The lowest BCUT2D eigenvalue weighted by atomic mass is 10.2. The van der Waals surface area contributed by atoms with E-state index in [9.17, 15) is 9.59 Å². The lowest BCUT2D eigenvalue weighted by molar-refractivity contribution is -0.140. The molecule has 0 atom stereocenters. The molecule has 0 bridgehead atoms. The van der Waals surface area contributed by atoms with E-state index in [4.69, 9.17) is 11.6 Å². The van der Waals surface area contributed by atoms with Crippen LogP contribution < -0.4 is 0 Å². The van der Waals surface area contributed by atoms with Gasteiger partial charge in [-0.1, -0.05) is 18.2 Å². The third-order valence-corrected chi connectivity index (χ3v) is 1.54. The van der Waals surface area contributed by atoms with Crippen LogP contribution in [0.15, 0.2) is 23.3 Å². The van der Waals surface area contributed by atoms with Crippen LogP contribution >= 0.6 is 11.6 Å². The maximum Gasteiger partial charge on any atom is 0.339 e. The molecular formula is C10H13ClO4. The zero-order chi connectivity index (χ0) is 11.8. The lowest BCUT2D eigenvalue weighted by Crippen LogP contribution is -2.11. The molecule has 0 spiro atoms. The van der Waals surface area contributed by atoms with E-state index >= 15 is 0 Å². The number of halogens is 1. The van der Waals surface area contributed by atoms with Gasteiger partial charge in [0.15, 0.2) is 0 Å². The molecular weight excluding hydrogens is 220 g/mol. The number of carbonyl (C=O) groups excluding carboxylic acids is 2. The highest BCUT2D eigenvalue weighted by atomic mass is 35.5. The molecule has 0 N–H and O–H groups in total. The number of hydrogen-bond donors (Lipinski definition) is 0. The monoisotopic (exact) mass is 232 g/mol. The minimum atomic E-state index is -0.689. The standard InChI is InChI=1S/C10H13ClO4/c1-4-14-9(12)6-8(7(3)11)10(13)15-5-2/h6H,3-5H2,1-2H3/b8-6-. The van der Waals surface area contributed by atoms with Crippen molar-refractivity contribution in [3.8, 4) is 0 Å². The molecule has 0 fully saturated rings. The van der Waals surface area contributed by atoms with Crippen LogP contribution in [0.2, 0.25) is 0 Å². The van der Waals surface area contributed by atoms with Gasteiger partial charge in [-0.15, -0.1) is 0 Å². The Kier molecular flexibility index (Phi) is 6.45. The zero-order valence-electron chi connectivity index (χ0n) is 8.71. The van der Waals surface area contributed by atoms with Crippen molar-refractivity contribution in [1.82, 2.24) is 0 Å². The van der Waals surface area contributed by atoms with Crippen molar-refractivity contribution in [3.63, 3.8) is 0 Å². The van der Waals surface area contributed by atoms with E-state index in [1.165, 1.54) is 0 Å². The topological polar surface area (TPSA) is 52.6 Å². The first kappa shape index (κ1) is 13.7. The first-order valence-corrected chi connectivity index (χ1v) is 4.81. The number of ether oxygens (including phenoxy) is 2. The second-order valence-electron chi connectivity index (χ2n) is 2.44. The van der Waals surface area contributed by atoms with Gasteiger partial charge in [-0.2, -0.15) is 0 Å². The predicted molar refractivity (Wildman–Crippen MR) is 56.3 cm³/mol. The molecule has 0 amide bonds. The normalized spacial score (nSPS) is 10.7. The third kappa shape index (κ3) is 5.22. The van der Waals surface area contributed by atoms with Crippen molar-refractivity contribution in [1.29, 1.82) is 0 Å². The summed E-state index contributed by atoms with van der Waals surface area (Å²) >= 11 is 5.55. The Morgan fingerprint density at radius 2 is 1.80 bits per heavy atom. The van der Waals surface area contributed by atoms with E-state index in [1.54, 1.807) is 13.8 Å². The van der Waals surface area contributed by atoms with Crippen LogP contribution in [0.1, 0.15) is 13.8 Å². The van der Waals surface area contributed by atoms with Gasteiger partial charge in [0.2, 0.25) is 0 Å². The van der Waals surface area contributed by atoms with Crippen LogP contribution in [0.4, 0.5) is 0 Å². The summed E-state index contributed by atoms with van der Waals surface area (Å²) in [5.74, 6) is -1.34. The lowest BCUT2D eigenvalue weighted by Gasteiger charge is -2.04. The minimum absolute atomic E-state index is 0.0542. The highest BCUT2D eigenvalue weighted by Gasteiger charge is 2.15. The molecule has 4 nitrogen and oxygen atoms in total. The summed E-state index contributed by atoms with van der Waals surface area (Å²) in [6.45, 7) is 7.09. The molecule has 0 aromatic carbocycles. The van der Waals surface area contributed by atoms with Gasteiger partial charge in [-0.25, -0.2) is 9.59 Å². The van der Waals surface area contributed by atoms with Crippen molar-refractivity contribution in [2.75, 3.05) is 13.2 Å². The molecule has 0 radical (unpaired) electrons. The van der Waals surface area contributed by atoms with Gasteiger partial charge in [0.25, 0.3) is 0 Å². The molecule has 0 saturated carbocycles. The fourth-order valence-corrected chi connectivity index (χ4v) is 0.890. The summed E-state index contributed by atoms with van der Waals surface area (Å²) < 4.78 is 9.31. The summed E-state index contributed by atoms with van der Waals surface area (Å²) in [6, 6.07) is 0. The Morgan fingerprint density at radius 3 is 2.20 bits per heavy atom. The maximum absolute atomic E-state index is 11.3. The van der Waals surface area contributed by atoms with Gasteiger partial charge in [-0.05, 0) is 13.8 Å². The SMILES string of the molecule is C=C(Cl)/C(=C/C(=O)OCC)C(=O)OCC. The fraction of sp³-hybridized carbons (Fsp3) is 0.400. The number of rotatable bonds is 5. The van der Waals surface area contributed by atoms with Gasteiger partial charge in [0, 0.05) is 11.1 Å². The van der Waals surface area contributed by atoms with Gasteiger partial charge in [0.1, 0.15) is 0 Å². The first-order chi connectivity index (χ1) is 7.02. The Morgan fingerprint density at radius 1 is 1.27 bits per heavy atom. The Balaban J connectivity index is 4.73. The van der Waals surface area contributed by atoms with Crippen LogP contribution in [0, 0.1) is 0 Å². The summed E-state index contributed by atoms with van der Waals surface area (Å²) in [6.07, 6.45) is 0.969. The van der Waals surface area contributed by atoms with Crippen LogP contribution in [0.5, 0.6) is 0 Å². The minimum Gasteiger partial charge on any atom is -0.463 e. The molecule has 15 heavy (non-hydrogen) atoms. The molecule has 0 aromatic heterocycles. The molecule has 0 rings (SSSR count). The highest BCUT2D eigenvalue weighted by molar-refractivity contribution is 6.35. The Labute approximate surface area is 93.5 Å². The van der Waals surface area contributed by atoms with E-state index in [0.717, 1.165) is 6.08 Å². The molecule has 0 aliphatic heterocycles. The van der Waals surface area contributed by atoms with Crippen LogP contribution in [-0.4, -0.2) is 25.2 Å². The average Bonchev–Trinajstić information content (AvgIpc) is 2.14. The fourth-order valence-electron chi connectivity index (χ4n) is 0.759. The van der Waals surface area contributed by atoms with E-state index < -0.39 is 11.9 Å². The summed E-state index contributed by atoms with van der Waals surface area (Å²) in [4.78, 5) is 22.3. The Bertz CT molecular complexity index is 294. The highest BCUT2D eigenvalue weighted by Crippen LogP contribution is 2.14. The second kappa shape index (κ2) is 7.06. The quantitative estimate of drug-likeness (QED) is 0.412. The first-order valence-electron chi connectivity index (χ1n) is 4.43. The van der Waals surface area contributed by atoms with Crippen molar-refractivity contribution in [2.45, 2.75) is 13.8 Å².